The summed E-state index contributed by atoms with van der Waals surface area (Å²) >= 11 is 10.1. The van der Waals surface area contributed by atoms with Crippen LogP contribution < -0.4 is 4.74 Å². The maximum atomic E-state index is 6.57. The van der Waals surface area contributed by atoms with Crippen LogP contribution in [0.3, 0.4) is 0 Å². The zero-order valence-corrected chi connectivity index (χ0v) is 13.5. The summed E-state index contributed by atoms with van der Waals surface area (Å²) < 4.78 is 12.1. The van der Waals surface area contributed by atoms with Crippen molar-refractivity contribution in [3.05, 3.63) is 28.2 Å². The number of rotatable bonds is 5. The molecule has 2 nitrogen and oxygen atoms in total. The highest BCUT2D eigenvalue weighted by molar-refractivity contribution is 9.10. The van der Waals surface area contributed by atoms with Gasteiger partial charge in [-0.2, -0.15) is 0 Å². The van der Waals surface area contributed by atoms with Crippen LogP contribution in [0.1, 0.15) is 37.1 Å². The molecule has 0 spiro atoms. The Hall–Kier alpha value is -0.250. The molecular weight excluding hydrogens is 328 g/mol. The Morgan fingerprint density at radius 1 is 1.53 bits per heavy atom. The van der Waals surface area contributed by atoms with Gasteiger partial charge < -0.3 is 9.47 Å². The molecule has 1 aliphatic heterocycles. The van der Waals surface area contributed by atoms with Crippen molar-refractivity contribution in [2.24, 2.45) is 5.92 Å². The second-order valence-electron chi connectivity index (χ2n) is 4.92. The summed E-state index contributed by atoms with van der Waals surface area (Å²) in [6, 6.07) is 6.12. The molecule has 0 radical (unpaired) electrons. The van der Waals surface area contributed by atoms with Crippen molar-refractivity contribution in [2.45, 2.75) is 31.6 Å². The molecule has 1 saturated heterocycles. The van der Waals surface area contributed by atoms with Gasteiger partial charge in [-0.15, -0.1) is 11.6 Å². The molecule has 0 aromatic heterocycles. The largest absolute Gasteiger partial charge is 0.492 e. The molecule has 4 heteroatoms. The minimum Gasteiger partial charge on any atom is -0.492 e. The van der Waals surface area contributed by atoms with Crippen molar-refractivity contribution in [3.8, 4) is 5.75 Å². The van der Waals surface area contributed by atoms with Crippen molar-refractivity contribution in [1.29, 1.82) is 0 Å². The Balaban J connectivity index is 2.05. The lowest BCUT2D eigenvalue weighted by Crippen LogP contribution is -2.21. The molecule has 1 fully saturated rings. The monoisotopic (exact) mass is 346 g/mol. The fourth-order valence-electron chi connectivity index (χ4n) is 2.29. The van der Waals surface area contributed by atoms with Crippen LogP contribution in [0.15, 0.2) is 22.7 Å². The SMILES string of the molecule is CCCOc1ccc(C(Cl)C2CCCOC2)cc1Br. The van der Waals surface area contributed by atoms with E-state index in [4.69, 9.17) is 21.1 Å². The minimum atomic E-state index is 0.0109. The van der Waals surface area contributed by atoms with Gasteiger partial charge in [0.2, 0.25) is 0 Å². The van der Waals surface area contributed by atoms with Gasteiger partial charge in [0.1, 0.15) is 5.75 Å². The molecule has 106 valence electrons. The molecule has 1 heterocycles. The minimum absolute atomic E-state index is 0.0109. The van der Waals surface area contributed by atoms with Crippen LogP contribution >= 0.6 is 27.5 Å². The van der Waals surface area contributed by atoms with Crippen LogP contribution in [0, 0.1) is 5.92 Å². The van der Waals surface area contributed by atoms with E-state index in [0.29, 0.717) is 5.92 Å². The van der Waals surface area contributed by atoms with Crippen LogP contribution in [-0.2, 0) is 4.74 Å². The fourth-order valence-corrected chi connectivity index (χ4v) is 3.13. The first kappa shape index (κ1) is 15.1. The van der Waals surface area contributed by atoms with Crippen molar-refractivity contribution in [3.63, 3.8) is 0 Å². The van der Waals surface area contributed by atoms with Crippen LogP contribution in [0.25, 0.3) is 0 Å². The van der Waals surface area contributed by atoms with Gasteiger partial charge in [-0.25, -0.2) is 0 Å². The second kappa shape index (κ2) is 7.51. The van der Waals surface area contributed by atoms with Gasteiger partial charge in [-0.1, -0.05) is 13.0 Å². The number of hydrogen-bond donors (Lipinski definition) is 0. The van der Waals surface area contributed by atoms with Gasteiger partial charge in [0.15, 0.2) is 0 Å². The molecule has 0 N–H and O–H groups in total. The molecule has 0 aliphatic carbocycles. The van der Waals surface area contributed by atoms with Crippen molar-refractivity contribution >= 4 is 27.5 Å². The average Bonchev–Trinajstić information content (AvgIpc) is 2.46. The lowest BCUT2D eigenvalue weighted by molar-refractivity contribution is 0.0531. The van der Waals surface area contributed by atoms with E-state index in [1.807, 2.05) is 6.07 Å². The van der Waals surface area contributed by atoms with E-state index in [2.05, 4.69) is 35.0 Å². The molecule has 2 rings (SSSR count). The highest BCUT2D eigenvalue weighted by atomic mass is 79.9. The first-order chi connectivity index (χ1) is 9.22. The Kier molecular flexibility index (Phi) is 5.99. The summed E-state index contributed by atoms with van der Waals surface area (Å²) in [6.45, 7) is 4.46. The zero-order valence-electron chi connectivity index (χ0n) is 11.2. The summed E-state index contributed by atoms with van der Waals surface area (Å²) in [4.78, 5) is 0. The normalized spacial score (nSPS) is 21.1. The third-order valence-corrected chi connectivity index (χ3v) is 4.57. The molecule has 2 unspecified atom stereocenters. The van der Waals surface area contributed by atoms with Gasteiger partial charge in [-0.3, -0.25) is 0 Å². The van der Waals surface area contributed by atoms with Gasteiger partial charge in [-0.05, 0) is 52.9 Å². The van der Waals surface area contributed by atoms with Gasteiger partial charge in [0.25, 0.3) is 0 Å². The average molecular weight is 348 g/mol. The van der Waals surface area contributed by atoms with E-state index in [9.17, 15) is 0 Å². The van der Waals surface area contributed by atoms with Crippen LogP contribution in [-0.4, -0.2) is 19.8 Å². The Bertz CT molecular complexity index is 405. The molecule has 0 amide bonds. The number of alkyl halides is 1. The zero-order chi connectivity index (χ0) is 13.7. The van der Waals surface area contributed by atoms with Crippen molar-refractivity contribution in [1.82, 2.24) is 0 Å². The summed E-state index contributed by atoms with van der Waals surface area (Å²) in [5.41, 5.74) is 1.13. The van der Waals surface area contributed by atoms with E-state index in [1.54, 1.807) is 0 Å². The molecule has 1 aromatic rings. The predicted octanol–water partition coefficient (Wildman–Crippen LogP) is 4.94. The first-order valence-electron chi connectivity index (χ1n) is 6.86. The molecule has 0 bridgehead atoms. The van der Waals surface area contributed by atoms with Gasteiger partial charge >= 0.3 is 0 Å². The number of hydrogen-bond acceptors (Lipinski definition) is 2. The third kappa shape index (κ3) is 4.11. The molecule has 1 aromatic carbocycles. The van der Waals surface area contributed by atoms with E-state index in [-0.39, 0.29) is 5.38 Å². The number of benzene rings is 1. The Labute approximate surface area is 128 Å². The molecule has 0 saturated carbocycles. The Morgan fingerprint density at radius 3 is 3.00 bits per heavy atom. The Morgan fingerprint density at radius 2 is 2.37 bits per heavy atom. The van der Waals surface area contributed by atoms with E-state index >= 15 is 0 Å². The van der Waals surface area contributed by atoms with Crippen molar-refractivity contribution < 1.29 is 9.47 Å². The summed E-state index contributed by atoms with van der Waals surface area (Å²) in [7, 11) is 0. The third-order valence-electron chi connectivity index (χ3n) is 3.35. The smallest absolute Gasteiger partial charge is 0.133 e. The highest BCUT2D eigenvalue weighted by Gasteiger charge is 2.24. The maximum absolute atomic E-state index is 6.57. The van der Waals surface area contributed by atoms with Gasteiger partial charge in [0.05, 0.1) is 23.1 Å². The summed E-state index contributed by atoms with van der Waals surface area (Å²) in [5.74, 6) is 1.29. The quantitative estimate of drug-likeness (QED) is 0.702. The lowest BCUT2D eigenvalue weighted by Gasteiger charge is -2.26. The molecule has 2 atom stereocenters. The van der Waals surface area contributed by atoms with E-state index in [0.717, 1.165) is 54.9 Å². The predicted molar refractivity (Wildman–Crippen MR) is 82.1 cm³/mol. The van der Waals surface area contributed by atoms with E-state index < -0.39 is 0 Å². The maximum Gasteiger partial charge on any atom is 0.133 e. The topological polar surface area (TPSA) is 18.5 Å². The first-order valence-corrected chi connectivity index (χ1v) is 8.09. The fraction of sp³-hybridized carbons (Fsp3) is 0.600. The van der Waals surface area contributed by atoms with E-state index in [1.165, 1.54) is 0 Å². The molecule has 19 heavy (non-hydrogen) atoms. The van der Waals surface area contributed by atoms with Crippen molar-refractivity contribution in [2.75, 3.05) is 19.8 Å². The standard InChI is InChI=1S/C15H20BrClO2/c1-2-7-19-14-6-5-11(9-13(14)16)15(17)12-4-3-8-18-10-12/h5-6,9,12,15H,2-4,7-8,10H2,1H3. The molecular formula is C15H20BrClO2. The lowest BCUT2D eigenvalue weighted by atomic mass is 9.93. The number of halogens is 2. The van der Waals surface area contributed by atoms with Gasteiger partial charge in [0, 0.05) is 12.5 Å². The van der Waals surface area contributed by atoms with Crippen LogP contribution in [0.2, 0.25) is 0 Å². The summed E-state index contributed by atoms with van der Waals surface area (Å²) in [6.07, 6.45) is 3.25. The second-order valence-corrected chi connectivity index (χ2v) is 6.24. The number of ether oxygens (including phenoxy) is 2. The highest BCUT2D eigenvalue weighted by Crippen LogP contribution is 2.37. The summed E-state index contributed by atoms with van der Waals surface area (Å²) in [5, 5.41) is 0.0109. The van der Waals surface area contributed by atoms with Crippen LogP contribution in [0.4, 0.5) is 0 Å². The molecule has 1 aliphatic rings. The van der Waals surface area contributed by atoms with Crippen LogP contribution in [0.5, 0.6) is 5.75 Å².